The van der Waals surface area contributed by atoms with Gasteiger partial charge in [0.25, 0.3) is 0 Å². The van der Waals surface area contributed by atoms with Gasteiger partial charge in [0, 0.05) is 54.3 Å². The summed E-state index contributed by atoms with van der Waals surface area (Å²) in [6.45, 7) is 12.8. The first-order valence-electron chi connectivity index (χ1n) is 14.5. The molecule has 0 aromatic carbocycles. The van der Waals surface area contributed by atoms with Gasteiger partial charge < -0.3 is 10.6 Å². The maximum atomic E-state index is 6.58. The van der Waals surface area contributed by atoms with Crippen LogP contribution in [0.2, 0.25) is 0 Å². The van der Waals surface area contributed by atoms with E-state index in [2.05, 4.69) is 48.0 Å². The molecule has 5 fully saturated rings. The van der Waals surface area contributed by atoms with Gasteiger partial charge in [-0.2, -0.15) is 0 Å². The van der Waals surface area contributed by atoms with E-state index in [0.717, 1.165) is 24.4 Å². The number of hydrazine groups is 1. The van der Waals surface area contributed by atoms with E-state index in [4.69, 9.17) is 5.73 Å². The highest BCUT2D eigenvalue weighted by Crippen LogP contribution is 2.47. The molecule has 2 saturated carbocycles. The summed E-state index contributed by atoms with van der Waals surface area (Å²) in [5.41, 5.74) is 12.0. The average molecular weight is 458 g/mol. The molecule has 5 rings (SSSR count). The quantitative estimate of drug-likeness (QED) is 0.522. The first kappa shape index (κ1) is 24.1. The lowest BCUT2D eigenvalue weighted by Crippen LogP contribution is -2.58. The van der Waals surface area contributed by atoms with E-state index < -0.39 is 0 Å². The first-order chi connectivity index (χ1) is 16.0. The Hall–Kier alpha value is -0.620. The highest BCUT2D eigenvalue weighted by Gasteiger charge is 2.51. The van der Waals surface area contributed by atoms with Crippen LogP contribution in [0.5, 0.6) is 0 Å². The minimum absolute atomic E-state index is 0.0442. The molecule has 3 saturated heterocycles. The second-order valence-electron chi connectivity index (χ2n) is 12.2. The molecule has 0 radical (unpaired) electrons. The number of nitrogens with one attached hydrogen (secondary N) is 2. The number of hydrogen-bond donors (Lipinski definition) is 3. The lowest BCUT2D eigenvalue weighted by molar-refractivity contribution is 0.0186. The second kappa shape index (κ2) is 10.2. The number of likely N-dealkylation sites (tertiary alicyclic amines) is 1. The minimum Gasteiger partial charge on any atom is -0.372 e. The number of rotatable bonds is 7. The fourth-order valence-electron chi connectivity index (χ4n) is 8.26. The number of nitrogens with two attached hydrogens (primary N) is 1. The molecule has 0 aromatic rings. The van der Waals surface area contributed by atoms with Crippen molar-refractivity contribution in [1.29, 1.82) is 0 Å². The summed E-state index contributed by atoms with van der Waals surface area (Å²) in [6.07, 6.45) is 16.2. The third kappa shape index (κ3) is 4.77. The van der Waals surface area contributed by atoms with Crippen LogP contribution in [-0.2, 0) is 0 Å². The van der Waals surface area contributed by atoms with Gasteiger partial charge in [0.1, 0.15) is 0 Å². The molecule has 7 unspecified atom stereocenters. The minimum atomic E-state index is 0.0442. The molecule has 5 aliphatic rings. The third-order valence-electron chi connectivity index (χ3n) is 10.2. The number of hydrogen-bond acceptors (Lipinski definition) is 5. The Kier molecular flexibility index (Phi) is 7.42. The third-order valence-corrected chi connectivity index (χ3v) is 10.2. The van der Waals surface area contributed by atoms with Gasteiger partial charge in [-0.15, -0.1) is 0 Å². The van der Waals surface area contributed by atoms with Crippen molar-refractivity contribution in [3.63, 3.8) is 0 Å². The van der Waals surface area contributed by atoms with Crippen LogP contribution < -0.4 is 16.5 Å². The number of nitrogens with zero attached hydrogens (tertiary/aromatic N) is 2. The molecule has 0 spiro atoms. The Morgan fingerprint density at radius 1 is 0.970 bits per heavy atom. The number of fused-ring (bicyclic) bond motifs is 1. The van der Waals surface area contributed by atoms with Crippen molar-refractivity contribution >= 4 is 0 Å². The van der Waals surface area contributed by atoms with Gasteiger partial charge in [0.15, 0.2) is 0 Å². The predicted octanol–water partition coefficient (Wildman–Crippen LogP) is 4.60. The fraction of sp³-hybridized carbons (Fsp3) is 0.929. The molecular formula is C28H51N5. The summed E-state index contributed by atoms with van der Waals surface area (Å²) in [5.74, 6) is 3.20. The Morgan fingerprint density at radius 3 is 2.27 bits per heavy atom. The molecule has 3 heterocycles. The summed E-state index contributed by atoms with van der Waals surface area (Å²) in [6, 6.07) is 3.16. The molecule has 188 valence electrons. The fourth-order valence-corrected chi connectivity index (χ4v) is 8.26. The molecule has 3 aliphatic heterocycles. The van der Waals surface area contributed by atoms with Crippen molar-refractivity contribution in [2.75, 3.05) is 6.54 Å². The number of piperidine rings is 2. The molecule has 0 aromatic heterocycles. The van der Waals surface area contributed by atoms with Gasteiger partial charge in [-0.25, -0.2) is 5.01 Å². The topological polar surface area (TPSA) is 56.6 Å². The standard InChI is InChI=1S/C28H51N5/c1-5-7-24-27-25(6-2)32(19(4)23-15-8-18(3)30-28(23)29)17-16-26(27)33(31-24)22-13-11-21(12-14-22)20-9-10-20/h18,20-28,30-31H,4-17,29H2,1-3H3. The summed E-state index contributed by atoms with van der Waals surface area (Å²) >= 11 is 0. The van der Waals surface area contributed by atoms with E-state index in [9.17, 15) is 0 Å². The van der Waals surface area contributed by atoms with Crippen molar-refractivity contribution in [2.45, 2.75) is 134 Å². The molecule has 2 aliphatic carbocycles. The monoisotopic (exact) mass is 457 g/mol. The van der Waals surface area contributed by atoms with Crippen LogP contribution in [0.1, 0.15) is 97.8 Å². The zero-order chi connectivity index (χ0) is 23.1. The maximum absolute atomic E-state index is 6.58. The summed E-state index contributed by atoms with van der Waals surface area (Å²) < 4.78 is 0. The van der Waals surface area contributed by atoms with E-state index in [0.29, 0.717) is 36.0 Å². The van der Waals surface area contributed by atoms with Gasteiger partial charge >= 0.3 is 0 Å². The van der Waals surface area contributed by atoms with Gasteiger partial charge in [-0.3, -0.25) is 10.7 Å². The lowest BCUT2D eigenvalue weighted by Gasteiger charge is -2.50. The largest absolute Gasteiger partial charge is 0.372 e. The molecule has 5 heteroatoms. The van der Waals surface area contributed by atoms with Crippen LogP contribution in [-0.4, -0.2) is 52.8 Å². The van der Waals surface area contributed by atoms with Gasteiger partial charge in [0.2, 0.25) is 0 Å². The SMILES string of the molecule is C=C(C1CCC(C)NC1N)N1CCC2C(C(CCC)NN2C2CCC(C3CC3)CC2)C1CC. The molecule has 5 nitrogen and oxygen atoms in total. The van der Waals surface area contributed by atoms with Crippen molar-refractivity contribution in [2.24, 2.45) is 29.4 Å². The van der Waals surface area contributed by atoms with Crippen molar-refractivity contribution in [3.05, 3.63) is 12.3 Å². The van der Waals surface area contributed by atoms with Crippen molar-refractivity contribution in [3.8, 4) is 0 Å². The van der Waals surface area contributed by atoms with Gasteiger partial charge in [0.05, 0.1) is 6.17 Å². The van der Waals surface area contributed by atoms with E-state index in [1.807, 2.05) is 0 Å². The Balaban J connectivity index is 1.30. The lowest BCUT2D eigenvalue weighted by atomic mass is 9.76. The predicted molar refractivity (Wildman–Crippen MR) is 137 cm³/mol. The van der Waals surface area contributed by atoms with Crippen LogP contribution >= 0.6 is 0 Å². The van der Waals surface area contributed by atoms with Crippen LogP contribution in [0, 0.1) is 23.7 Å². The highest BCUT2D eigenvalue weighted by atomic mass is 15.6. The summed E-state index contributed by atoms with van der Waals surface area (Å²) in [7, 11) is 0. The van der Waals surface area contributed by atoms with Crippen molar-refractivity contribution in [1.82, 2.24) is 20.7 Å². The van der Waals surface area contributed by atoms with Gasteiger partial charge in [-0.1, -0.05) is 26.8 Å². The maximum Gasteiger partial charge on any atom is 0.0633 e. The van der Waals surface area contributed by atoms with Gasteiger partial charge in [-0.05, 0) is 89.4 Å². The van der Waals surface area contributed by atoms with Crippen LogP contribution in [0.3, 0.4) is 0 Å². The van der Waals surface area contributed by atoms with E-state index >= 15 is 0 Å². The summed E-state index contributed by atoms with van der Waals surface area (Å²) in [5, 5.41) is 6.39. The Bertz CT molecular complexity index is 669. The second-order valence-corrected chi connectivity index (χ2v) is 12.2. The Morgan fingerprint density at radius 2 is 1.67 bits per heavy atom. The van der Waals surface area contributed by atoms with Crippen LogP contribution in [0.15, 0.2) is 12.3 Å². The van der Waals surface area contributed by atoms with E-state index in [-0.39, 0.29) is 6.17 Å². The van der Waals surface area contributed by atoms with E-state index in [1.54, 1.807) is 0 Å². The highest BCUT2D eigenvalue weighted by molar-refractivity contribution is 5.13. The van der Waals surface area contributed by atoms with Crippen molar-refractivity contribution < 1.29 is 0 Å². The van der Waals surface area contributed by atoms with Crippen LogP contribution in [0.4, 0.5) is 0 Å². The molecular weight excluding hydrogens is 406 g/mol. The van der Waals surface area contributed by atoms with Crippen LogP contribution in [0.25, 0.3) is 0 Å². The van der Waals surface area contributed by atoms with E-state index in [1.165, 1.54) is 82.7 Å². The normalized spacial score (nSPS) is 44.6. The average Bonchev–Trinajstić information content (AvgIpc) is 3.60. The zero-order valence-electron chi connectivity index (χ0n) is 21.6. The summed E-state index contributed by atoms with van der Waals surface area (Å²) in [4.78, 5) is 2.71. The first-order valence-corrected chi connectivity index (χ1v) is 14.5. The molecule has 7 atom stereocenters. The smallest absolute Gasteiger partial charge is 0.0633 e. The zero-order valence-corrected chi connectivity index (χ0v) is 21.6. The molecule has 33 heavy (non-hydrogen) atoms. The molecule has 0 bridgehead atoms. The molecule has 4 N–H and O–H groups in total. The Labute approximate surface area is 203 Å². The molecule has 0 amide bonds.